The fraction of sp³-hybridized carbons (Fsp3) is 0.381. The minimum atomic E-state index is -0.0358. The quantitative estimate of drug-likeness (QED) is 0.706. The second-order valence-electron chi connectivity index (χ2n) is 7.68. The van der Waals surface area contributed by atoms with Crippen LogP contribution in [0.3, 0.4) is 0 Å². The van der Waals surface area contributed by atoms with Crippen LogP contribution in [-0.4, -0.2) is 29.4 Å². The lowest BCUT2D eigenvalue weighted by Crippen LogP contribution is -2.23. The Hall–Kier alpha value is -2.69. The average Bonchev–Trinajstić information content (AvgIpc) is 3.16. The van der Waals surface area contributed by atoms with Gasteiger partial charge < -0.3 is 14.2 Å². The fourth-order valence-electron chi connectivity index (χ4n) is 3.20. The van der Waals surface area contributed by atoms with Gasteiger partial charge in [-0.15, -0.1) is 0 Å². The zero-order valence-corrected chi connectivity index (χ0v) is 15.7. The van der Waals surface area contributed by atoms with Gasteiger partial charge in [-0.3, -0.25) is 4.57 Å². The molecule has 5 nitrogen and oxygen atoms in total. The van der Waals surface area contributed by atoms with Crippen LogP contribution < -0.4 is 14.2 Å². The number of nitrogens with zero attached hydrogens (tertiary/aromatic N) is 2. The van der Waals surface area contributed by atoms with Gasteiger partial charge in [0, 0.05) is 6.07 Å². The molecule has 1 aliphatic heterocycles. The summed E-state index contributed by atoms with van der Waals surface area (Å²) in [6.07, 6.45) is -0.0358. The van der Waals surface area contributed by atoms with E-state index in [9.17, 15) is 0 Å². The Morgan fingerprint density at radius 1 is 1.12 bits per heavy atom. The van der Waals surface area contributed by atoms with Gasteiger partial charge in [0.1, 0.15) is 18.1 Å². The summed E-state index contributed by atoms with van der Waals surface area (Å²) < 4.78 is 19.2. The molecule has 136 valence electrons. The molecule has 0 amide bonds. The number of fused-ring (bicyclic) bond motifs is 3. The molecular weight excluding hydrogens is 328 g/mol. The minimum Gasteiger partial charge on any atom is -0.497 e. The van der Waals surface area contributed by atoms with Crippen LogP contribution in [0.2, 0.25) is 0 Å². The maximum atomic E-state index is 5.95. The Morgan fingerprint density at radius 3 is 2.54 bits per heavy atom. The first-order valence-electron chi connectivity index (χ1n) is 8.88. The molecule has 26 heavy (non-hydrogen) atoms. The summed E-state index contributed by atoms with van der Waals surface area (Å²) in [5.41, 5.74) is 3.38. The normalized spacial score (nSPS) is 16.4. The van der Waals surface area contributed by atoms with Crippen molar-refractivity contribution in [3.8, 4) is 17.5 Å². The first-order chi connectivity index (χ1) is 12.4. The predicted molar refractivity (Wildman–Crippen MR) is 101 cm³/mol. The molecule has 0 spiro atoms. The third-order valence-corrected chi connectivity index (χ3v) is 4.73. The molecule has 0 aliphatic carbocycles. The maximum Gasteiger partial charge on any atom is 0.297 e. The third kappa shape index (κ3) is 3.09. The molecule has 0 N–H and O–H groups in total. The third-order valence-electron chi connectivity index (χ3n) is 4.73. The van der Waals surface area contributed by atoms with E-state index in [0.29, 0.717) is 12.6 Å². The zero-order valence-electron chi connectivity index (χ0n) is 15.7. The van der Waals surface area contributed by atoms with Gasteiger partial charge in [-0.05, 0) is 35.2 Å². The van der Waals surface area contributed by atoms with Crippen molar-refractivity contribution in [3.63, 3.8) is 0 Å². The van der Waals surface area contributed by atoms with Crippen molar-refractivity contribution in [2.45, 2.75) is 38.8 Å². The highest BCUT2D eigenvalue weighted by Gasteiger charge is 2.27. The molecule has 4 rings (SSSR count). The Labute approximate surface area is 153 Å². The van der Waals surface area contributed by atoms with Crippen molar-refractivity contribution in [1.29, 1.82) is 0 Å². The van der Waals surface area contributed by atoms with Gasteiger partial charge in [-0.1, -0.05) is 32.9 Å². The molecule has 2 heterocycles. The number of hydrogen-bond donors (Lipinski definition) is 0. The van der Waals surface area contributed by atoms with Gasteiger partial charge >= 0.3 is 0 Å². The van der Waals surface area contributed by atoms with Crippen LogP contribution in [0.25, 0.3) is 11.0 Å². The SMILES string of the molecule is COc1ccc2c(c1)nc1n2C[C@@H](COc2ccc(C(C)(C)C)cc2)O1. The first kappa shape index (κ1) is 16.8. The molecule has 0 saturated heterocycles. The minimum absolute atomic E-state index is 0.0358. The average molecular weight is 352 g/mol. The predicted octanol–water partition coefficient (Wildman–Crippen LogP) is 4.18. The molecule has 0 radical (unpaired) electrons. The highest BCUT2D eigenvalue weighted by molar-refractivity contribution is 5.78. The topological polar surface area (TPSA) is 45.5 Å². The summed E-state index contributed by atoms with van der Waals surface area (Å²) in [6, 6.07) is 14.8. The van der Waals surface area contributed by atoms with Crippen molar-refractivity contribution in [3.05, 3.63) is 48.0 Å². The lowest BCUT2D eigenvalue weighted by molar-refractivity contribution is 0.144. The van der Waals surface area contributed by atoms with E-state index in [1.807, 2.05) is 30.3 Å². The van der Waals surface area contributed by atoms with Crippen molar-refractivity contribution < 1.29 is 14.2 Å². The molecule has 0 unspecified atom stereocenters. The zero-order chi connectivity index (χ0) is 18.3. The van der Waals surface area contributed by atoms with Crippen LogP contribution in [0.1, 0.15) is 26.3 Å². The van der Waals surface area contributed by atoms with Crippen molar-refractivity contribution in [1.82, 2.24) is 9.55 Å². The molecule has 3 aromatic rings. The van der Waals surface area contributed by atoms with Gasteiger partial charge in [0.15, 0.2) is 6.10 Å². The van der Waals surface area contributed by atoms with Crippen LogP contribution in [0.4, 0.5) is 0 Å². The molecule has 0 fully saturated rings. The summed E-state index contributed by atoms with van der Waals surface area (Å²) in [6.45, 7) is 7.85. The maximum absolute atomic E-state index is 5.95. The van der Waals surface area contributed by atoms with Gasteiger partial charge in [-0.25, -0.2) is 0 Å². The summed E-state index contributed by atoms with van der Waals surface area (Å²) in [7, 11) is 1.66. The number of aromatic nitrogens is 2. The lowest BCUT2D eigenvalue weighted by Gasteiger charge is -2.19. The molecule has 5 heteroatoms. The highest BCUT2D eigenvalue weighted by Crippen LogP contribution is 2.30. The number of imidazole rings is 1. The number of hydrogen-bond acceptors (Lipinski definition) is 4. The monoisotopic (exact) mass is 352 g/mol. The number of rotatable bonds is 4. The Kier molecular flexibility index (Phi) is 4.02. The highest BCUT2D eigenvalue weighted by atomic mass is 16.6. The van der Waals surface area contributed by atoms with Gasteiger partial charge in [-0.2, -0.15) is 4.98 Å². The second-order valence-corrected chi connectivity index (χ2v) is 7.68. The number of methoxy groups -OCH3 is 1. The van der Waals surface area contributed by atoms with Crippen LogP contribution in [0.5, 0.6) is 17.5 Å². The van der Waals surface area contributed by atoms with E-state index in [1.165, 1.54) is 5.56 Å². The molecule has 0 bridgehead atoms. The van der Waals surface area contributed by atoms with E-state index in [1.54, 1.807) is 7.11 Å². The second kappa shape index (κ2) is 6.24. The van der Waals surface area contributed by atoms with Crippen molar-refractivity contribution in [2.24, 2.45) is 0 Å². The molecule has 1 atom stereocenters. The summed E-state index contributed by atoms with van der Waals surface area (Å²) in [4.78, 5) is 4.55. The van der Waals surface area contributed by atoms with Crippen LogP contribution in [-0.2, 0) is 12.0 Å². The first-order valence-corrected chi connectivity index (χ1v) is 8.88. The molecule has 1 aliphatic rings. The van der Waals surface area contributed by atoms with Crippen molar-refractivity contribution in [2.75, 3.05) is 13.7 Å². The van der Waals surface area contributed by atoms with Crippen LogP contribution >= 0.6 is 0 Å². The van der Waals surface area contributed by atoms with E-state index in [4.69, 9.17) is 14.2 Å². The number of benzene rings is 2. The Bertz CT molecular complexity index is 923. The Balaban J connectivity index is 1.41. The van der Waals surface area contributed by atoms with Gasteiger partial charge in [0.25, 0.3) is 6.01 Å². The summed E-state index contributed by atoms with van der Waals surface area (Å²) in [5, 5.41) is 0. The summed E-state index contributed by atoms with van der Waals surface area (Å²) >= 11 is 0. The number of ether oxygens (including phenoxy) is 3. The van der Waals surface area contributed by atoms with Gasteiger partial charge in [0.05, 0.1) is 24.7 Å². The molecule has 0 saturated carbocycles. The van der Waals surface area contributed by atoms with Crippen molar-refractivity contribution >= 4 is 11.0 Å². The summed E-state index contributed by atoms with van der Waals surface area (Å²) in [5.74, 6) is 1.66. The van der Waals surface area contributed by atoms with Gasteiger partial charge in [0.2, 0.25) is 0 Å². The fourth-order valence-corrected chi connectivity index (χ4v) is 3.20. The van der Waals surface area contributed by atoms with E-state index < -0.39 is 0 Å². The van der Waals surface area contributed by atoms with Crippen LogP contribution in [0, 0.1) is 0 Å². The molecule has 1 aromatic heterocycles. The molecular formula is C21H24N2O3. The van der Waals surface area contributed by atoms with E-state index in [0.717, 1.165) is 29.1 Å². The van der Waals surface area contributed by atoms with E-state index in [-0.39, 0.29) is 11.5 Å². The van der Waals surface area contributed by atoms with Crippen LogP contribution in [0.15, 0.2) is 42.5 Å². The lowest BCUT2D eigenvalue weighted by atomic mass is 9.87. The largest absolute Gasteiger partial charge is 0.497 e. The van der Waals surface area contributed by atoms with E-state index in [2.05, 4.69) is 42.5 Å². The smallest absolute Gasteiger partial charge is 0.297 e. The molecule has 2 aromatic carbocycles. The van der Waals surface area contributed by atoms with E-state index >= 15 is 0 Å². The standard InChI is InChI=1S/C21H24N2O3/c1-21(2,3)14-5-7-15(8-6-14)25-13-17-12-23-19-10-9-16(24-4)11-18(19)22-20(23)26-17/h5-11,17H,12-13H2,1-4H3/t17-/m0/s1. The Morgan fingerprint density at radius 2 is 1.85 bits per heavy atom.